The molecule has 23 heavy (non-hydrogen) atoms. The van der Waals surface area contributed by atoms with E-state index in [1.807, 2.05) is 0 Å². The van der Waals surface area contributed by atoms with Gasteiger partial charge in [-0.25, -0.2) is 0 Å². The van der Waals surface area contributed by atoms with Gasteiger partial charge in [0.25, 0.3) is 0 Å². The number of hydrogen-bond acceptors (Lipinski definition) is 2. The number of aliphatic carboxylic acids is 1. The summed E-state index contributed by atoms with van der Waals surface area (Å²) in [6, 6.07) is 0. The van der Waals surface area contributed by atoms with Gasteiger partial charge in [-0.2, -0.15) is 0 Å². The van der Waals surface area contributed by atoms with Gasteiger partial charge in [0.15, 0.2) is 0 Å². The zero-order chi connectivity index (χ0) is 17.2. The molecule has 0 spiro atoms. The van der Waals surface area contributed by atoms with E-state index < -0.39 is 12.1 Å². The van der Waals surface area contributed by atoms with E-state index >= 15 is 0 Å². The minimum absolute atomic E-state index is 0.127. The van der Waals surface area contributed by atoms with Crippen molar-refractivity contribution >= 4 is 5.97 Å². The molecule has 0 radical (unpaired) electrons. The first-order chi connectivity index (χ1) is 11.2. The van der Waals surface area contributed by atoms with E-state index in [2.05, 4.69) is 31.2 Å². The maximum atomic E-state index is 10.4. The standard InChI is InChI=1S/C20H36O3/c1-2-3-4-5-6-7-8-9-10-11-12-13-14-15-16-17-19(21)18-20(22)23/h6-7,9-10,19,21H,2-5,8,11-18H2,1H3,(H,22,23)/b7-6+,10-9+/t19-/m1/s1. The Morgan fingerprint density at radius 1 is 0.870 bits per heavy atom. The number of allylic oxidation sites excluding steroid dienone is 4. The minimum atomic E-state index is -0.917. The molecule has 0 aliphatic carbocycles. The van der Waals surface area contributed by atoms with Crippen molar-refractivity contribution < 1.29 is 15.0 Å². The van der Waals surface area contributed by atoms with Gasteiger partial charge in [-0.3, -0.25) is 4.79 Å². The van der Waals surface area contributed by atoms with Gasteiger partial charge in [-0.05, 0) is 38.5 Å². The molecule has 1 atom stereocenters. The van der Waals surface area contributed by atoms with Crippen molar-refractivity contribution in [2.45, 2.75) is 96.5 Å². The third-order valence-corrected chi connectivity index (χ3v) is 3.90. The van der Waals surface area contributed by atoms with E-state index in [0.29, 0.717) is 6.42 Å². The number of unbranched alkanes of at least 4 members (excludes halogenated alkanes) is 8. The predicted molar refractivity (Wildman–Crippen MR) is 97.6 cm³/mol. The molecule has 0 rings (SSSR count). The Morgan fingerprint density at radius 2 is 1.43 bits per heavy atom. The molecule has 134 valence electrons. The average molecular weight is 325 g/mol. The fourth-order valence-corrected chi connectivity index (χ4v) is 2.50. The number of carbonyl (C=O) groups is 1. The number of hydrogen-bond donors (Lipinski definition) is 2. The van der Waals surface area contributed by atoms with Crippen molar-refractivity contribution in [3.8, 4) is 0 Å². The average Bonchev–Trinajstić information content (AvgIpc) is 2.50. The van der Waals surface area contributed by atoms with Gasteiger partial charge in [0.05, 0.1) is 12.5 Å². The zero-order valence-corrected chi connectivity index (χ0v) is 14.9. The van der Waals surface area contributed by atoms with Crippen LogP contribution in [0.25, 0.3) is 0 Å². The molecule has 0 aromatic rings. The summed E-state index contributed by atoms with van der Waals surface area (Å²) in [6.45, 7) is 2.23. The summed E-state index contributed by atoms with van der Waals surface area (Å²) in [5.41, 5.74) is 0. The largest absolute Gasteiger partial charge is 0.481 e. The van der Waals surface area contributed by atoms with Crippen LogP contribution in [0.4, 0.5) is 0 Å². The van der Waals surface area contributed by atoms with Crippen LogP contribution in [0, 0.1) is 0 Å². The van der Waals surface area contributed by atoms with E-state index in [9.17, 15) is 9.90 Å². The fraction of sp³-hybridized carbons (Fsp3) is 0.750. The third kappa shape index (κ3) is 18.9. The number of carboxylic acids is 1. The molecule has 0 aromatic carbocycles. The highest BCUT2D eigenvalue weighted by molar-refractivity contribution is 5.67. The lowest BCUT2D eigenvalue weighted by Crippen LogP contribution is -2.12. The third-order valence-electron chi connectivity index (χ3n) is 3.90. The van der Waals surface area contributed by atoms with Crippen LogP contribution >= 0.6 is 0 Å². The summed E-state index contributed by atoms with van der Waals surface area (Å²) in [7, 11) is 0. The SMILES string of the molecule is CCCCC/C=C/C/C=C/CCCCCCC[C@@H](O)CC(=O)O. The summed E-state index contributed by atoms with van der Waals surface area (Å²) in [5.74, 6) is -0.917. The van der Waals surface area contributed by atoms with Crippen molar-refractivity contribution in [2.24, 2.45) is 0 Å². The summed E-state index contributed by atoms with van der Waals surface area (Å²) in [4.78, 5) is 10.4. The lowest BCUT2D eigenvalue weighted by atomic mass is 10.1. The number of carboxylic acid groups (broad SMARTS) is 1. The molecular weight excluding hydrogens is 288 g/mol. The molecule has 0 aliphatic heterocycles. The number of aliphatic hydroxyl groups excluding tert-OH is 1. The van der Waals surface area contributed by atoms with Crippen LogP contribution in [0.3, 0.4) is 0 Å². The van der Waals surface area contributed by atoms with Crippen LogP contribution in [0.1, 0.15) is 90.4 Å². The van der Waals surface area contributed by atoms with Crippen LogP contribution < -0.4 is 0 Å². The molecule has 0 amide bonds. The topological polar surface area (TPSA) is 57.5 Å². The van der Waals surface area contributed by atoms with Gasteiger partial charge in [-0.15, -0.1) is 0 Å². The van der Waals surface area contributed by atoms with Crippen molar-refractivity contribution in [2.75, 3.05) is 0 Å². The monoisotopic (exact) mass is 324 g/mol. The van der Waals surface area contributed by atoms with Gasteiger partial charge < -0.3 is 10.2 Å². The van der Waals surface area contributed by atoms with Crippen LogP contribution in [0.2, 0.25) is 0 Å². The molecule has 2 N–H and O–H groups in total. The zero-order valence-electron chi connectivity index (χ0n) is 14.9. The van der Waals surface area contributed by atoms with Gasteiger partial charge in [0.2, 0.25) is 0 Å². The Hall–Kier alpha value is -1.09. The van der Waals surface area contributed by atoms with Crippen molar-refractivity contribution in [3.05, 3.63) is 24.3 Å². The molecule has 0 unspecified atom stereocenters. The first kappa shape index (κ1) is 21.9. The Labute approximate surface area is 142 Å². The molecule has 3 nitrogen and oxygen atoms in total. The first-order valence-electron chi connectivity index (χ1n) is 9.36. The van der Waals surface area contributed by atoms with E-state index in [4.69, 9.17) is 5.11 Å². The molecule has 0 aliphatic rings. The maximum Gasteiger partial charge on any atom is 0.305 e. The minimum Gasteiger partial charge on any atom is -0.481 e. The van der Waals surface area contributed by atoms with Crippen LogP contribution in [-0.4, -0.2) is 22.3 Å². The second-order valence-corrected chi connectivity index (χ2v) is 6.27. The summed E-state index contributed by atoms with van der Waals surface area (Å²) >= 11 is 0. The lowest BCUT2D eigenvalue weighted by molar-refractivity contribution is -0.139. The lowest BCUT2D eigenvalue weighted by Gasteiger charge is -2.06. The van der Waals surface area contributed by atoms with E-state index in [1.54, 1.807) is 0 Å². The van der Waals surface area contributed by atoms with Crippen molar-refractivity contribution in [1.82, 2.24) is 0 Å². The maximum absolute atomic E-state index is 10.4. The van der Waals surface area contributed by atoms with Crippen LogP contribution in [-0.2, 0) is 4.79 Å². The van der Waals surface area contributed by atoms with E-state index in [-0.39, 0.29) is 6.42 Å². The van der Waals surface area contributed by atoms with Crippen molar-refractivity contribution in [1.29, 1.82) is 0 Å². The normalized spacial score (nSPS) is 13.1. The molecule has 0 heterocycles. The summed E-state index contributed by atoms with van der Waals surface area (Å²) < 4.78 is 0. The quantitative estimate of drug-likeness (QED) is 0.285. The molecule has 0 fully saturated rings. The van der Waals surface area contributed by atoms with Crippen molar-refractivity contribution in [3.63, 3.8) is 0 Å². The Morgan fingerprint density at radius 3 is 2.04 bits per heavy atom. The highest BCUT2D eigenvalue weighted by atomic mass is 16.4. The fourth-order valence-electron chi connectivity index (χ4n) is 2.50. The predicted octanol–water partition coefficient (Wildman–Crippen LogP) is 5.64. The Kier molecular flexibility index (Phi) is 16.4. The van der Waals surface area contributed by atoms with Gasteiger partial charge in [0, 0.05) is 0 Å². The molecule has 3 heteroatoms. The second-order valence-electron chi connectivity index (χ2n) is 6.27. The molecule has 0 saturated heterocycles. The summed E-state index contributed by atoms with van der Waals surface area (Å²) in [5, 5.41) is 18.0. The van der Waals surface area contributed by atoms with E-state index in [1.165, 1.54) is 44.9 Å². The van der Waals surface area contributed by atoms with Crippen LogP contribution in [0.15, 0.2) is 24.3 Å². The number of aliphatic hydroxyl groups is 1. The highest BCUT2D eigenvalue weighted by Crippen LogP contribution is 2.10. The molecule has 0 bridgehead atoms. The number of rotatable bonds is 16. The molecule has 0 aromatic heterocycles. The molecule has 0 saturated carbocycles. The highest BCUT2D eigenvalue weighted by Gasteiger charge is 2.08. The first-order valence-corrected chi connectivity index (χ1v) is 9.36. The Bertz CT molecular complexity index is 321. The van der Waals surface area contributed by atoms with E-state index in [0.717, 1.165) is 25.7 Å². The second kappa shape index (κ2) is 17.3. The van der Waals surface area contributed by atoms with Gasteiger partial charge in [-0.1, -0.05) is 69.8 Å². The smallest absolute Gasteiger partial charge is 0.305 e. The summed E-state index contributed by atoms with van der Waals surface area (Å²) in [6.07, 6.45) is 21.8. The van der Waals surface area contributed by atoms with Crippen LogP contribution in [0.5, 0.6) is 0 Å². The van der Waals surface area contributed by atoms with Gasteiger partial charge in [0.1, 0.15) is 0 Å². The van der Waals surface area contributed by atoms with Gasteiger partial charge >= 0.3 is 5.97 Å². The Balaban J connectivity index is 3.26. The molecular formula is C20H36O3.